The average Bonchev–Trinajstić information content (AvgIpc) is 2.55. The van der Waals surface area contributed by atoms with Crippen molar-refractivity contribution in [1.82, 2.24) is 0 Å². The molecule has 0 spiro atoms. The summed E-state index contributed by atoms with van der Waals surface area (Å²) in [6.45, 7) is 8.18. The molecule has 1 N–H and O–H groups in total. The summed E-state index contributed by atoms with van der Waals surface area (Å²) in [4.78, 5) is 1.56. The standard InChI is InChI=1S/C20H25NO2/c1-16-14-21(15-17(2)23-16)12-13-22-20-11-7-6-10-19(20)18-8-4-3-5-9-18/h3-11,16-17H,12-15H2,1-2H3/p+1/t16-,17-/m0/s1. The maximum atomic E-state index is 6.10. The first kappa shape index (κ1) is 16.0. The first-order chi connectivity index (χ1) is 11.2. The van der Waals surface area contributed by atoms with Crippen molar-refractivity contribution in [2.75, 3.05) is 26.2 Å². The Hall–Kier alpha value is -1.84. The lowest BCUT2D eigenvalue weighted by molar-refractivity contribution is -0.915. The maximum absolute atomic E-state index is 6.10. The van der Waals surface area contributed by atoms with E-state index < -0.39 is 0 Å². The molecule has 3 nitrogen and oxygen atoms in total. The van der Waals surface area contributed by atoms with Crippen molar-refractivity contribution >= 4 is 0 Å². The molecule has 0 aliphatic carbocycles. The zero-order valence-electron chi connectivity index (χ0n) is 14.0. The van der Waals surface area contributed by atoms with Gasteiger partial charge >= 0.3 is 0 Å². The third-order valence-corrected chi connectivity index (χ3v) is 4.30. The van der Waals surface area contributed by atoms with Crippen molar-refractivity contribution in [2.45, 2.75) is 26.1 Å². The first-order valence-corrected chi connectivity index (χ1v) is 8.48. The van der Waals surface area contributed by atoms with Crippen LogP contribution in [0.5, 0.6) is 5.75 Å². The van der Waals surface area contributed by atoms with Gasteiger partial charge in [0.25, 0.3) is 0 Å². The van der Waals surface area contributed by atoms with E-state index in [0.29, 0.717) is 12.2 Å². The minimum Gasteiger partial charge on any atom is -0.487 e. The highest BCUT2D eigenvalue weighted by molar-refractivity contribution is 5.70. The minimum atomic E-state index is 0.338. The summed E-state index contributed by atoms with van der Waals surface area (Å²) in [6, 6.07) is 18.7. The van der Waals surface area contributed by atoms with Crippen molar-refractivity contribution in [3.63, 3.8) is 0 Å². The van der Waals surface area contributed by atoms with Gasteiger partial charge in [0.15, 0.2) is 0 Å². The van der Waals surface area contributed by atoms with Gasteiger partial charge in [-0.3, -0.25) is 0 Å². The van der Waals surface area contributed by atoms with E-state index in [1.807, 2.05) is 12.1 Å². The van der Waals surface area contributed by atoms with Gasteiger partial charge in [-0.05, 0) is 25.5 Å². The van der Waals surface area contributed by atoms with E-state index in [2.05, 4.69) is 56.3 Å². The van der Waals surface area contributed by atoms with Crippen molar-refractivity contribution in [2.24, 2.45) is 0 Å². The Morgan fingerprint density at radius 3 is 2.35 bits per heavy atom. The quantitative estimate of drug-likeness (QED) is 0.916. The second kappa shape index (κ2) is 7.62. The predicted molar refractivity (Wildman–Crippen MR) is 92.9 cm³/mol. The number of quaternary nitrogens is 1. The van der Waals surface area contributed by atoms with Gasteiger partial charge in [0.1, 0.15) is 44.2 Å². The number of nitrogens with one attached hydrogen (secondary N) is 1. The highest BCUT2D eigenvalue weighted by Gasteiger charge is 2.25. The predicted octanol–water partition coefficient (Wildman–Crippen LogP) is 2.42. The fourth-order valence-corrected chi connectivity index (χ4v) is 3.35. The first-order valence-electron chi connectivity index (χ1n) is 8.48. The molecule has 1 heterocycles. The molecule has 1 aliphatic rings. The van der Waals surface area contributed by atoms with Crippen LogP contribution in [0.4, 0.5) is 0 Å². The van der Waals surface area contributed by atoms with Crippen molar-refractivity contribution in [3.8, 4) is 16.9 Å². The average molecular weight is 312 g/mol. The van der Waals surface area contributed by atoms with Gasteiger partial charge in [0, 0.05) is 5.56 Å². The Kier molecular flexibility index (Phi) is 5.31. The molecule has 1 fully saturated rings. The molecule has 1 saturated heterocycles. The summed E-state index contributed by atoms with van der Waals surface area (Å²) >= 11 is 0. The minimum absolute atomic E-state index is 0.338. The van der Waals surface area contributed by atoms with Crippen molar-refractivity contribution in [1.29, 1.82) is 0 Å². The van der Waals surface area contributed by atoms with Gasteiger partial charge in [-0.1, -0.05) is 48.5 Å². The molecule has 3 rings (SSSR count). The van der Waals surface area contributed by atoms with E-state index in [4.69, 9.17) is 9.47 Å². The normalized spacial score (nSPS) is 24.3. The summed E-state index contributed by atoms with van der Waals surface area (Å²) in [5.74, 6) is 0.965. The molecule has 3 heteroatoms. The maximum Gasteiger partial charge on any atom is 0.137 e. The fraction of sp³-hybridized carbons (Fsp3) is 0.400. The van der Waals surface area contributed by atoms with Gasteiger partial charge in [0.2, 0.25) is 0 Å². The van der Waals surface area contributed by atoms with Crippen molar-refractivity contribution < 1.29 is 14.4 Å². The molecular formula is C20H26NO2+. The number of morpholine rings is 1. The Labute approximate surface area is 138 Å². The smallest absolute Gasteiger partial charge is 0.137 e. The summed E-state index contributed by atoms with van der Waals surface area (Å²) in [5, 5.41) is 0. The Balaban J connectivity index is 1.61. The van der Waals surface area contributed by atoms with Gasteiger partial charge in [-0.2, -0.15) is 0 Å². The SMILES string of the molecule is C[C@H]1C[NH+](CCOc2ccccc2-c2ccccc2)C[C@H](C)O1. The van der Waals surface area contributed by atoms with Crippen LogP contribution in [0.1, 0.15) is 13.8 Å². The Bertz CT molecular complexity index is 604. The van der Waals surface area contributed by atoms with Gasteiger partial charge in [-0.15, -0.1) is 0 Å². The second-order valence-electron chi connectivity index (χ2n) is 6.38. The molecule has 2 aromatic rings. The van der Waals surface area contributed by atoms with Gasteiger partial charge in [-0.25, -0.2) is 0 Å². The van der Waals surface area contributed by atoms with E-state index >= 15 is 0 Å². The van der Waals surface area contributed by atoms with Crippen LogP contribution in [0, 0.1) is 0 Å². The van der Waals surface area contributed by atoms with Crippen LogP contribution >= 0.6 is 0 Å². The van der Waals surface area contributed by atoms with E-state index in [1.165, 1.54) is 5.56 Å². The number of rotatable bonds is 5. The van der Waals surface area contributed by atoms with Crippen LogP contribution < -0.4 is 9.64 Å². The summed E-state index contributed by atoms with van der Waals surface area (Å²) in [5.41, 5.74) is 2.36. The lowest BCUT2D eigenvalue weighted by Gasteiger charge is -2.32. The molecular weight excluding hydrogens is 286 g/mol. The number of hydrogen-bond donors (Lipinski definition) is 1. The van der Waals surface area contributed by atoms with Crippen LogP contribution in [0.25, 0.3) is 11.1 Å². The van der Waals surface area contributed by atoms with E-state index in [-0.39, 0.29) is 0 Å². The van der Waals surface area contributed by atoms with Crippen molar-refractivity contribution in [3.05, 3.63) is 54.6 Å². The molecule has 0 amide bonds. The third kappa shape index (κ3) is 4.34. The molecule has 1 aliphatic heterocycles. The largest absolute Gasteiger partial charge is 0.487 e. The molecule has 2 atom stereocenters. The van der Waals surface area contributed by atoms with Gasteiger partial charge in [0.05, 0.1) is 0 Å². The number of ether oxygens (including phenoxy) is 2. The van der Waals surface area contributed by atoms with E-state index in [1.54, 1.807) is 4.90 Å². The lowest BCUT2D eigenvalue weighted by Crippen LogP contribution is -3.16. The van der Waals surface area contributed by atoms with Crippen LogP contribution in [0.2, 0.25) is 0 Å². The number of benzene rings is 2. The van der Waals surface area contributed by atoms with Crippen LogP contribution in [-0.2, 0) is 4.74 Å². The summed E-state index contributed by atoms with van der Waals surface area (Å²) in [7, 11) is 0. The summed E-state index contributed by atoms with van der Waals surface area (Å²) < 4.78 is 11.9. The zero-order valence-corrected chi connectivity index (χ0v) is 14.0. The molecule has 23 heavy (non-hydrogen) atoms. The summed E-state index contributed by atoms with van der Waals surface area (Å²) in [6.07, 6.45) is 0.677. The van der Waals surface area contributed by atoms with Gasteiger partial charge < -0.3 is 14.4 Å². The third-order valence-electron chi connectivity index (χ3n) is 4.30. The second-order valence-corrected chi connectivity index (χ2v) is 6.38. The van der Waals surface area contributed by atoms with E-state index in [9.17, 15) is 0 Å². The van der Waals surface area contributed by atoms with Crippen LogP contribution in [-0.4, -0.2) is 38.4 Å². The zero-order chi connectivity index (χ0) is 16.1. The van der Waals surface area contributed by atoms with E-state index in [0.717, 1.165) is 37.6 Å². The highest BCUT2D eigenvalue weighted by atomic mass is 16.5. The topological polar surface area (TPSA) is 22.9 Å². The Morgan fingerprint density at radius 2 is 1.61 bits per heavy atom. The molecule has 2 aromatic carbocycles. The highest BCUT2D eigenvalue weighted by Crippen LogP contribution is 2.29. The molecule has 0 bridgehead atoms. The molecule has 0 saturated carbocycles. The molecule has 0 aromatic heterocycles. The molecule has 0 unspecified atom stereocenters. The fourth-order valence-electron chi connectivity index (χ4n) is 3.35. The lowest BCUT2D eigenvalue weighted by atomic mass is 10.1. The number of para-hydroxylation sites is 1. The molecule has 0 radical (unpaired) electrons. The number of hydrogen-bond acceptors (Lipinski definition) is 2. The van der Waals surface area contributed by atoms with Crippen LogP contribution in [0.3, 0.4) is 0 Å². The van der Waals surface area contributed by atoms with Crippen LogP contribution in [0.15, 0.2) is 54.6 Å². The monoisotopic (exact) mass is 312 g/mol. The molecule has 122 valence electrons. The Morgan fingerprint density at radius 1 is 0.957 bits per heavy atom.